The molecule has 6 heterocycles. The van der Waals surface area contributed by atoms with E-state index in [1.807, 2.05) is 17.0 Å². The highest BCUT2D eigenvalue weighted by molar-refractivity contribution is 6.08. The zero-order valence-corrected chi connectivity index (χ0v) is 22.8. The molecule has 1 atom stereocenters. The van der Waals surface area contributed by atoms with Crippen LogP contribution in [-0.2, 0) is 11.3 Å². The Bertz CT molecular complexity index is 1720. The zero-order chi connectivity index (χ0) is 28.4. The van der Waals surface area contributed by atoms with Crippen molar-refractivity contribution in [1.29, 1.82) is 0 Å². The van der Waals surface area contributed by atoms with E-state index in [0.29, 0.717) is 52.1 Å². The number of carbonyl (C=O) groups is 2. The van der Waals surface area contributed by atoms with Gasteiger partial charge in [-0.3, -0.25) is 24.5 Å². The van der Waals surface area contributed by atoms with Crippen molar-refractivity contribution in [2.45, 2.75) is 52.1 Å². The number of carbonyl (C=O) groups excluding carboxylic acids is 2. The Morgan fingerprint density at radius 2 is 1.95 bits per heavy atom. The summed E-state index contributed by atoms with van der Waals surface area (Å²) >= 11 is 0. The predicted molar refractivity (Wildman–Crippen MR) is 146 cm³/mol. The van der Waals surface area contributed by atoms with Gasteiger partial charge in [-0.1, -0.05) is 19.9 Å². The van der Waals surface area contributed by atoms with Crippen molar-refractivity contribution in [2.24, 2.45) is 0 Å². The molecule has 1 saturated heterocycles. The zero-order valence-electron chi connectivity index (χ0n) is 22.8. The molecule has 0 radical (unpaired) electrons. The van der Waals surface area contributed by atoms with Gasteiger partial charge < -0.3 is 14.1 Å². The minimum Gasteiger partial charge on any atom is -0.482 e. The van der Waals surface area contributed by atoms with Crippen LogP contribution in [0, 0.1) is 12.7 Å². The first-order valence-corrected chi connectivity index (χ1v) is 13.7. The summed E-state index contributed by atoms with van der Waals surface area (Å²) in [5, 5.41) is 8.39. The highest BCUT2D eigenvalue weighted by Crippen LogP contribution is 2.50. The molecule has 11 heteroatoms. The molecule has 1 aromatic carbocycles. The Balaban J connectivity index is 1.42. The average Bonchev–Trinajstić information content (AvgIpc) is 3.68. The molecule has 0 unspecified atom stereocenters. The Labute approximate surface area is 235 Å². The van der Waals surface area contributed by atoms with Gasteiger partial charge in [0.15, 0.2) is 6.61 Å². The molecule has 208 valence electrons. The molecule has 10 nitrogen and oxygen atoms in total. The van der Waals surface area contributed by atoms with Crippen molar-refractivity contribution in [3.63, 3.8) is 0 Å². The molecule has 4 aromatic rings. The molecule has 0 saturated carbocycles. The lowest BCUT2D eigenvalue weighted by molar-refractivity contribution is -0.121. The maximum atomic E-state index is 13.9. The number of hydrogen-bond donors (Lipinski definition) is 0. The highest BCUT2D eigenvalue weighted by Gasteiger charge is 2.45. The van der Waals surface area contributed by atoms with E-state index in [1.165, 1.54) is 6.07 Å². The number of nitrogens with zero attached hydrogens (tertiary/aromatic N) is 6. The fourth-order valence-electron chi connectivity index (χ4n) is 6.03. The number of ether oxygens (including phenoxy) is 1. The molecule has 3 aliphatic heterocycles. The van der Waals surface area contributed by atoms with Crippen LogP contribution in [0.5, 0.6) is 5.75 Å². The first-order valence-electron chi connectivity index (χ1n) is 13.7. The molecular formula is C30H27FN6O4. The summed E-state index contributed by atoms with van der Waals surface area (Å²) in [6, 6.07) is 8.33. The summed E-state index contributed by atoms with van der Waals surface area (Å²) in [4.78, 5) is 39.4. The van der Waals surface area contributed by atoms with Crippen LogP contribution in [-0.4, -0.2) is 50.0 Å². The van der Waals surface area contributed by atoms with E-state index in [0.717, 1.165) is 36.0 Å². The normalized spacial score (nSPS) is 17.6. The van der Waals surface area contributed by atoms with E-state index in [4.69, 9.17) is 14.1 Å². The molecule has 0 spiro atoms. The first-order chi connectivity index (χ1) is 19.8. The molecule has 41 heavy (non-hydrogen) atoms. The van der Waals surface area contributed by atoms with Crippen molar-refractivity contribution in [3.8, 4) is 28.3 Å². The number of amides is 2. The van der Waals surface area contributed by atoms with Crippen molar-refractivity contribution in [2.75, 3.05) is 18.1 Å². The van der Waals surface area contributed by atoms with Crippen LogP contribution in [0.3, 0.4) is 0 Å². The van der Waals surface area contributed by atoms with E-state index >= 15 is 0 Å². The monoisotopic (exact) mass is 554 g/mol. The van der Waals surface area contributed by atoms with Gasteiger partial charge >= 0.3 is 0 Å². The maximum Gasteiger partial charge on any atom is 0.265 e. The summed E-state index contributed by atoms with van der Waals surface area (Å²) in [6.45, 7) is 6.52. The van der Waals surface area contributed by atoms with Crippen molar-refractivity contribution >= 4 is 17.5 Å². The van der Waals surface area contributed by atoms with Crippen molar-refractivity contribution < 1.29 is 23.1 Å². The lowest BCUT2D eigenvalue weighted by Gasteiger charge is -2.30. The summed E-state index contributed by atoms with van der Waals surface area (Å²) in [7, 11) is 0. The summed E-state index contributed by atoms with van der Waals surface area (Å²) in [5.41, 5.74) is 5.25. The van der Waals surface area contributed by atoms with Crippen molar-refractivity contribution in [3.05, 3.63) is 70.9 Å². The second-order valence-corrected chi connectivity index (χ2v) is 10.9. The predicted octanol–water partition coefficient (Wildman–Crippen LogP) is 4.98. The lowest BCUT2D eigenvalue weighted by Crippen LogP contribution is -2.38. The molecular weight excluding hydrogens is 527 g/mol. The second-order valence-electron chi connectivity index (χ2n) is 10.9. The average molecular weight is 555 g/mol. The van der Waals surface area contributed by atoms with Crippen LogP contribution >= 0.6 is 0 Å². The molecule has 0 aliphatic carbocycles. The molecule has 2 amide bonds. The SMILES string of the molecule is Cc1nnc(-c2c(C(C)C)nc3c(c2-c2ccc4c(c2)OCC(=O)N4Cc2ccc(F)cn2)C(=O)N2CCC[C@H]32)o1. The molecule has 0 bridgehead atoms. The van der Waals surface area contributed by atoms with Crippen LogP contribution in [0.2, 0.25) is 0 Å². The minimum absolute atomic E-state index is 0.0111. The number of pyridine rings is 2. The van der Waals surface area contributed by atoms with Gasteiger partial charge in [0, 0.05) is 19.0 Å². The minimum atomic E-state index is -0.444. The molecule has 1 fully saturated rings. The van der Waals surface area contributed by atoms with E-state index < -0.39 is 5.82 Å². The van der Waals surface area contributed by atoms with Gasteiger partial charge in [-0.2, -0.15) is 0 Å². The number of benzene rings is 1. The van der Waals surface area contributed by atoms with Crippen LogP contribution in [0.1, 0.15) is 72.0 Å². The summed E-state index contributed by atoms with van der Waals surface area (Å²) < 4.78 is 25.2. The number of aryl methyl sites for hydroxylation is 1. The second kappa shape index (κ2) is 9.46. The number of anilines is 1. The van der Waals surface area contributed by atoms with Gasteiger partial charge in [0.05, 0.1) is 52.7 Å². The van der Waals surface area contributed by atoms with Crippen LogP contribution in [0.4, 0.5) is 10.1 Å². The van der Waals surface area contributed by atoms with Crippen LogP contribution < -0.4 is 9.64 Å². The third kappa shape index (κ3) is 4.06. The van der Waals surface area contributed by atoms with Gasteiger partial charge in [-0.15, -0.1) is 10.2 Å². The Morgan fingerprint density at radius 1 is 1.10 bits per heavy atom. The number of rotatable bonds is 5. The standard InChI is InChI=1S/C30H27FN6O4/c1-15(2)27-25(29-35-34-16(3)41-29)24(26-28(33-27)21-5-4-10-36(21)30(26)39)17-6-9-20-22(11-17)40-14-23(38)37(20)13-19-8-7-18(31)12-32-19/h6-9,11-12,15,21H,4-5,10,13-14H2,1-3H3/t21-/m1/s1. The smallest absolute Gasteiger partial charge is 0.265 e. The number of halogens is 1. The van der Waals surface area contributed by atoms with Crippen LogP contribution in [0.25, 0.3) is 22.6 Å². The Morgan fingerprint density at radius 3 is 2.68 bits per heavy atom. The number of aromatic nitrogens is 4. The quantitative estimate of drug-likeness (QED) is 0.339. The maximum absolute atomic E-state index is 13.9. The molecule has 0 N–H and O–H groups in total. The molecule has 7 rings (SSSR count). The van der Waals surface area contributed by atoms with E-state index in [9.17, 15) is 14.0 Å². The van der Waals surface area contributed by atoms with E-state index in [1.54, 1.807) is 24.0 Å². The lowest BCUT2D eigenvalue weighted by atomic mass is 9.88. The van der Waals surface area contributed by atoms with Gasteiger partial charge in [0.25, 0.3) is 11.8 Å². The molecule has 3 aliphatic rings. The molecule has 3 aromatic heterocycles. The third-order valence-electron chi connectivity index (χ3n) is 7.88. The highest BCUT2D eigenvalue weighted by atomic mass is 19.1. The van der Waals surface area contributed by atoms with Crippen molar-refractivity contribution in [1.82, 2.24) is 25.1 Å². The first kappa shape index (κ1) is 25.3. The number of hydrogen-bond acceptors (Lipinski definition) is 8. The number of fused-ring (bicyclic) bond motifs is 4. The largest absolute Gasteiger partial charge is 0.482 e. The fourth-order valence-corrected chi connectivity index (χ4v) is 6.03. The van der Waals surface area contributed by atoms with Gasteiger partial charge in [0.1, 0.15) is 11.6 Å². The topological polar surface area (TPSA) is 115 Å². The van der Waals surface area contributed by atoms with E-state index in [2.05, 4.69) is 29.0 Å². The summed E-state index contributed by atoms with van der Waals surface area (Å²) in [5.74, 6) is 0.466. The third-order valence-corrected chi connectivity index (χ3v) is 7.88. The van der Waals surface area contributed by atoms with E-state index in [-0.39, 0.29) is 36.9 Å². The summed E-state index contributed by atoms with van der Waals surface area (Å²) in [6.07, 6.45) is 2.93. The fraction of sp³-hybridized carbons (Fsp3) is 0.333. The Kier molecular flexibility index (Phi) is 5.84. The Hall–Kier alpha value is -4.67. The van der Waals surface area contributed by atoms with Gasteiger partial charge in [-0.05, 0) is 48.6 Å². The van der Waals surface area contributed by atoms with Crippen LogP contribution in [0.15, 0.2) is 40.9 Å². The van der Waals surface area contributed by atoms with Gasteiger partial charge in [-0.25, -0.2) is 4.39 Å². The van der Waals surface area contributed by atoms with Gasteiger partial charge in [0.2, 0.25) is 11.8 Å².